The highest BCUT2D eigenvalue weighted by atomic mass is 35.5. The van der Waals surface area contributed by atoms with Crippen molar-refractivity contribution in [2.45, 2.75) is 24.7 Å². The van der Waals surface area contributed by atoms with Crippen LogP contribution in [0.3, 0.4) is 0 Å². The highest BCUT2D eigenvalue weighted by Gasteiger charge is 2.13. The number of ether oxygens (including phenoxy) is 3. The summed E-state index contributed by atoms with van der Waals surface area (Å²) >= 11 is 11.8. The fourth-order valence-electron chi connectivity index (χ4n) is 1.63. The molecule has 0 N–H and O–H groups in total. The average molecular weight is 327 g/mol. The van der Waals surface area contributed by atoms with Gasteiger partial charge in [-0.3, -0.25) is 4.74 Å². The Balaban J connectivity index is 1.66. The van der Waals surface area contributed by atoms with Gasteiger partial charge in [0.1, 0.15) is 0 Å². The zero-order valence-electron chi connectivity index (χ0n) is 11.3. The van der Waals surface area contributed by atoms with E-state index in [0.717, 1.165) is 11.1 Å². The molecule has 0 heterocycles. The van der Waals surface area contributed by atoms with Crippen molar-refractivity contribution in [3.8, 4) is 0 Å². The van der Waals surface area contributed by atoms with E-state index in [1.807, 2.05) is 60.7 Å². The summed E-state index contributed by atoms with van der Waals surface area (Å²) in [5, 5.41) is 0. The molecular weight excluding hydrogens is 311 g/mol. The summed E-state index contributed by atoms with van der Waals surface area (Å²) in [4.78, 5) is 0. The molecular formula is C16H16Cl2O3. The van der Waals surface area contributed by atoms with Crippen LogP contribution in [0.1, 0.15) is 11.1 Å². The molecule has 0 fully saturated rings. The zero-order chi connectivity index (χ0) is 14.9. The van der Waals surface area contributed by atoms with Crippen LogP contribution in [0.2, 0.25) is 0 Å². The second kappa shape index (κ2) is 9.03. The van der Waals surface area contributed by atoms with E-state index in [9.17, 15) is 0 Å². The number of alkyl halides is 2. The lowest BCUT2D eigenvalue weighted by Crippen LogP contribution is -2.18. The van der Waals surface area contributed by atoms with Gasteiger partial charge in [-0.1, -0.05) is 83.9 Å². The second-order valence-corrected chi connectivity index (χ2v) is 4.99. The predicted molar refractivity (Wildman–Crippen MR) is 82.8 cm³/mol. The quantitative estimate of drug-likeness (QED) is 0.528. The minimum atomic E-state index is -0.969. The van der Waals surface area contributed by atoms with Gasteiger partial charge in [-0.05, 0) is 11.1 Å². The molecule has 0 aliphatic rings. The molecule has 21 heavy (non-hydrogen) atoms. The molecule has 0 aliphatic heterocycles. The molecule has 2 atom stereocenters. The Morgan fingerprint density at radius 1 is 0.667 bits per heavy atom. The van der Waals surface area contributed by atoms with Gasteiger partial charge in [0.05, 0.1) is 13.2 Å². The summed E-state index contributed by atoms with van der Waals surface area (Å²) in [5.41, 5.74) is 2.01. The van der Waals surface area contributed by atoms with Crippen LogP contribution in [0, 0.1) is 0 Å². The summed E-state index contributed by atoms with van der Waals surface area (Å²) in [5.74, 6) is -1.94. The summed E-state index contributed by atoms with van der Waals surface area (Å²) in [7, 11) is 0. The van der Waals surface area contributed by atoms with Crippen molar-refractivity contribution >= 4 is 23.2 Å². The Morgan fingerprint density at radius 3 is 1.43 bits per heavy atom. The van der Waals surface area contributed by atoms with E-state index in [1.54, 1.807) is 0 Å². The standard InChI is InChI=1S/C16H16Cl2O3/c17-15(19-11-13-7-3-1-4-8-13)21-16(18)20-12-14-9-5-2-6-10-14/h1-10,15-16H,11-12H2. The number of hydrogen-bond acceptors (Lipinski definition) is 3. The third kappa shape index (κ3) is 6.46. The number of rotatable bonds is 8. The molecule has 0 saturated heterocycles. The van der Waals surface area contributed by atoms with E-state index in [0.29, 0.717) is 13.2 Å². The van der Waals surface area contributed by atoms with E-state index in [1.165, 1.54) is 0 Å². The van der Waals surface area contributed by atoms with E-state index in [-0.39, 0.29) is 0 Å². The minimum Gasteiger partial charge on any atom is -0.335 e. The van der Waals surface area contributed by atoms with Gasteiger partial charge >= 0.3 is 0 Å². The van der Waals surface area contributed by atoms with Gasteiger partial charge in [-0.2, -0.15) is 0 Å². The first kappa shape index (κ1) is 16.3. The molecule has 2 rings (SSSR count). The predicted octanol–water partition coefficient (Wildman–Crippen LogP) is 4.48. The summed E-state index contributed by atoms with van der Waals surface area (Å²) in [6, 6.07) is 19.3. The first-order valence-electron chi connectivity index (χ1n) is 6.49. The lowest BCUT2D eigenvalue weighted by atomic mass is 10.2. The lowest BCUT2D eigenvalue weighted by molar-refractivity contribution is -0.185. The van der Waals surface area contributed by atoms with E-state index < -0.39 is 11.5 Å². The highest BCUT2D eigenvalue weighted by molar-refractivity contribution is 6.20. The smallest absolute Gasteiger partial charge is 0.240 e. The van der Waals surface area contributed by atoms with Gasteiger partial charge in [0.15, 0.2) is 0 Å². The SMILES string of the molecule is ClC(OCc1ccccc1)OC(Cl)OCc1ccccc1. The molecule has 0 amide bonds. The lowest BCUT2D eigenvalue weighted by Gasteiger charge is -2.16. The van der Waals surface area contributed by atoms with Crippen LogP contribution in [0.15, 0.2) is 60.7 Å². The molecule has 0 spiro atoms. The van der Waals surface area contributed by atoms with Gasteiger partial charge < -0.3 is 9.47 Å². The Morgan fingerprint density at radius 2 is 1.05 bits per heavy atom. The fourth-order valence-corrected chi connectivity index (χ4v) is 2.00. The first-order valence-corrected chi connectivity index (χ1v) is 7.36. The van der Waals surface area contributed by atoms with Crippen LogP contribution in [0.4, 0.5) is 0 Å². The minimum absolute atomic E-state index is 0.345. The molecule has 5 heteroatoms. The summed E-state index contributed by atoms with van der Waals surface area (Å²) in [6.45, 7) is 0.689. The Hall–Kier alpha value is -1.10. The Labute approximate surface area is 134 Å². The molecule has 3 nitrogen and oxygen atoms in total. The monoisotopic (exact) mass is 326 g/mol. The second-order valence-electron chi connectivity index (χ2n) is 4.28. The van der Waals surface area contributed by atoms with Crippen molar-refractivity contribution < 1.29 is 14.2 Å². The molecule has 2 aromatic rings. The van der Waals surface area contributed by atoms with Crippen molar-refractivity contribution in [1.82, 2.24) is 0 Å². The largest absolute Gasteiger partial charge is 0.335 e. The van der Waals surface area contributed by atoms with Crippen LogP contribution >= 0.6 is 23.2 Å². The van der Waals surface area contributed by atoms with Crippen molar-refractivity contribution in [2.24, 2.45) is 0 Å². The molecule has 0 aromatic heterocycles. The van der Waals surface area contributed by atoms with Crippen LogP contribution < -0.4 is 0 Å². The van der Waals surface area contributed by atoms with Crippen LogP contribution in [0.25, 0.3) is 0 Å². The van der Waals surface area contributed by atoms with Crippen LogP contribution in [0.5, 0.6) is 0 Å². The Kier molecular flexibility index (Phi) is 7.00. The maximum absolute atomic E-state index is 5.90. The van der Waals surface area contributed by atoms with E-state index in [4.69, 9.17) is 37.4 Å². The van der Waals surface area contributed by atoms with Crippen molar-refractivity contribution in [1.29, 1.82) is 0 Å². The molecule has 2 unspecified atom stereocenters. The maximum Gasteiger partial charge on any atom is 0.240 e. The third-order valence-electron chi connectivity index (χ3n) is 2.66. The number of halogens is 2. The Bertz CT molecular complexity index is 460. The molecule has 0 saturated carbocycles. The highest BCUT2D eigenvalue weighted by Crippen LogP contribution is 2.14. The van der Waals surface area contributed by atoms with Crippen molar-refractivity contribution in [2.75, 3.05) is 0 Å². The van der Waals surface area contributed by atoms with Crippen LogP contribution in [-0.2, 0) is 27.4 Å². The van der Waals surface area contributed by atoms with Gasteiger partial charge in [-0.15, -0.1) is 0 Å². The molecule has 112 valence electrons. The fraction of sp³-hybridized carbons (Fsp3) is 0.250. The summed E-state index contributed by atoms with van der Waals surface area (Å²) < 4.78 is 15.8. The third-order valence-corrected chi connectivity index (χ3v) is 3.12. The zero-order valence-corrected chi connectivity index (χ0v) is 12.8. The maximum atomic E-state index is 5.90. The van der Waals surface area contributed by atoms with Gasteiger partial charge in [-0.25, -0.2) is 0 Å². The first-order chi connectivity index (χ1) is 10.2. The molecule has 0 bridgehead atoms. The number of benzene rings is 2. The topological polar surface area (TPSA) is 27.7 Å². The van der Waals surface area contributed by atoms with Crippen LogP contribution in [-0.4, -0.2) is 11.5 Å². The average Bonchev–Trinajstić information content (AvgIpc) is 2.53. The van der Waals surface area contributed by atoms with Gasteiger partial charge in [0, 0.05) is 0 Å². The van der Waals surface area contributed by atoms with Crippen molar-refractivity contribution in [3.05, 3.63) is 71.8 Å². The van der Waals surface area contributed by atoms with Gasteiger partial charge in [0.25, 0.3) is 0 Å². The molecule has 0 radical (unpaired) electrons. The number of hydrogen-bond donors (Lipinski definition) is 0. The van der Waals surface area contributed by atoms with Crippen molar-refractivity contribution in [3.63, 3.8) is 0 Å². The van der Waals surface area contributed by atoms with E-state index in [2.05, 4.69) is 0 Å². The molecule has 2 aromatic carbocycles. The molecule has 0 aliphatic carbocycles. The summed E-state index contributed by atoms with van der Waals surface area (Å²) in [6.07, 6.45) is 0. The van der Waals surface area contributed by atoms with Gasteiger partial charge in [0.2, 0.25) is 11.5 Å². The normalized spacial score (nSPS) is 13.8. The van der Waals surface area contributed by atoms with E-state index >= 15 is 0 Å².